The smallest absolute Gasteiger partial charge is 0.121 e. The Labute approximate surface area is 71.8 Å². The molecule has 0 saturated heterocycles. The molecule has 11 heavy (non-hydrogen) atoms. The average molecular weight is 163 g/mol. The number of rotatable bonds is 0. The van der Waals surface area contributed by atoms with Crippen LogP contribution in [-0.2, 0) is 0 Å². The molecule has 0 saturated carbocycles. The van der Waals surface area contributed by atoms with Crippen LogP contribution >= 0.6 is 11.8 Å². The molecule has 1 nitrogen and oxygen atoms in total. The van der Waals surface area contributed by atoms with E-state index in [0.29, 0.717) is 5.15 Å². The largest absolute Gasteiger partial charge is 0.324 e. The molecule has 0 amide bonds. The van der Waals surface area contributed by atoms with E-state index >= 15 is 0 Å². The summed E-state index contributed by atoms with van der Waals surface area (Å²) in [5.74, 6) is 0. The number of nitrogens with two attached hydrogens (primary N) is 1. The van der Waals surface area contributed by atoms with Gasteiger partial charge in [-0.25, -0.2) is 0 Å². The first-order chi connectivity index (χ1) is 5.29. The fourth-order valence-electron chi connectivity index (χ4n) is 1.39. The van der Waals surface area contributed by atoms with Crippen molar-refractivity contribution >= 4 is 19.6 Å². The van der Waals surface area contributed by atoms with Crippen LogP contribution in [0.2, 0.25) is 0 Å². The summed E-state index contributed by atoms with van der Waals surface area (Å²) in [4.78, 5) is 1.35. The first-order valence-corrected chi connectivity index (χ1v) is 4.68. The second kappa shape index (κ2) is 2.57. The summed E-state index contributed by atoms with van der Waals surface area (Å²) in [6, 6.07) is 8.62. The lowest BCUT2D eigenvalue weighted by Gasteiger charge is -2.07. The Morgan fingerprint density at radius 2 is 2.09 bits per heavy atom. The first kappa shape index (κ1) is 7.26. The van der Waals surface area contributed by atoms with Crippen LogP contribution in [0, 0.1) is 0 Å². The number of fused-ring (bicyclic) bond motifs is 1. The number of hydrogen-bond donors (Lipinski definition) is 1. The average Bonchev–Trinajstić information content (AvgIpc) is 2.30. The van der Waals surface area contributed by atoms with E-state index in [0.717, 1.165) is 0 Å². The van der Waals surface area contributed by atoms with Crippen molar-refractivity contribution in [3.05, 3.63) is 29.8 Å². The normalized spacial score (nSPS) is 28.5. The summed E-state index contributed by atoms with van der Waals surface area (Å²) < 4.78 is 0. The van der Waals surface area contributed by atoms with E-state index < -0.39 is 0 Å². The monoisotopic (exact) mass is 163 g/mol. The van der Waals surface area contributed by atoms with Crippen molar-refractivity contribution in [3.63, 3.8) is 0 Å². The molecule has 2 rings (SSSR count). The molecule has 2 unspecified atom stereocenters. The van der Waals surface area contributed by atoms with Gasteiger partial charge in [0, 0.05) is 10.9 Å². The molecule has 0 bridgehead atoms. The Hall–Kier alpha value is -0.405. The number of hydrogen-bond acceptors (Lipinski definition) is 2. The predicted octanol–water partition coefficient (Wildman–Crippen LogP) is 0.751. The first-order valence-electron chi connectivity index (χ1n) is 3.80. The molecule has 2 atom stereocenters. The van der Waals surface area contributed by atoms with Crippen LogP contribution in [0.25, 0.3) is 0 Å². The highest BCUT2D eigenvalue weighted by molar-refractivity contribution is 8.01. The molecular weight excluding hydrogens is 153 g/mol. The van der Waals surface area contributed by atoms with Gasteiger partial charge in [0.2, 0.25) is 0 Å². The maximum absolute atomic E-state index is 5.97. The molecule has 1 heterocycles. The van der Waals surface area contributed by atoms with E-state index in [4.69, 9.17) is 5.73 Å². The summed E-state index contributed by atoms with van der Waals surface area (Å²) in [7, 11) is 2.18. The van der Waals surface area contributed by atoms with Crippen molar-refractivity contribution in [1.82, 2.24) is 0 Å². The Balaban J connectivity index is 2.47. The summed E-state index contributed by atoms with van der Waals surface area (Å²) in [6.45, 7) is 0. The quantitative estimate of drug-likeness (QED) is 0.571. The molecule has 1 aromatic carbocycles. The van der Waals surface area contributed by atoms with Crippen molar-refractivity contribution in [1.29, 1.82) is 0 Å². The molecule has 0 spiro atoms. The van der Waals surface area contributed by atoms with E-state index in [2.05, 4.69) is 32.1 Å². The van der Waals surface area contributed by atoms with Gasteiger partial charge < -0.3 is 5.73 Å². The van der Waals surface area contributed by atoms with Gasteiger partial charge in [-0.3, -0.25) is 0 Å². The second-order valence-corrected chi connectivity index (χ2v) is 4.31. The standard InChI is InChI=1S/C8H10BNS/c9-8-7(10)5-3-1-2-4-6(5)11-8/h1-4,7-8H,9-10H2. The lowest BCUT2D eigenvalue weighted by Crippen LogP contribution is -2.18. The fourth-order valence-corrected chi connectivity index (χ4v) is 2.58. The lowest BCUT2D eigenvalue weighted by molar-refractivity contribution is 0.799. The predicted molar refractivity (Wildman–Crippen MR) is 51.6 cm³/mol. The van der Waals surface area contributed by atoms with Gasteiger partial charge in [0.1, 0.15) is 7.85 Å². The molecule has 56 valence electrons. The van der Waals surface area contributed by atoms with Gasteiger partial charge in [0.25, 0.3) is 0 Å². The maximum atomic E-state index is 5.97. The minimum atomic E-state index is 0.233. The van der Waals surface area contributed by atoms with Gasteiger partial charge in [-0.15, -0.1) is 11.8 Å². The van der Waals surface area contributed by atoms with Crippen LogP contribution in [0.3, 0.4) is 0 Å². The van der Waals surface area contributed by atoms with E-state index in [1.807, 2.05) is 11.8 Å². The SMILES string of the molecule is BC1Sc2ccccc2C1N. The molecular formula is C8H10BNS. The molecule has 2 N–H and O–H groups in total. The molecule has 1 aliphatic heterocycles. The lowest BCUT2D eigenvalue weighted by atomic mass is 9.92. The van der Waals surface area contributed by atoms with Gasteiger partial charge in [0.05, 0.1) is 0 Å². The fraction of sp³-hybridized carbons (Fsp3) is 0.250. The zero-order valence-electron chi connectivity index (χ0n) is 6.45. The molecule has 1 aromatic rings. The maximum Gasteiger partial charge on any atom is 0.121 e. The minimum absolute atomic E-state index is 0.233. The Morgan fingerprint density at radius 3 is 2.82 bits per heavy atom. The molecule has 0 fully saturated rings. The minimum Gasteiger partial charge on any atom is -0.324 e. The second-order valence-electron chi connectivity index (χ2n) is 2.89. The van der Waals surface area contributed by atoms with Crippen molar-refractivity contribution in [2.24, 2.45) is 5.73 Å². The highest BCUT2D eigenvalue weighted by Gasteiger charge is 2.25. The number of benzene rings is 1. The van der Waals surface area contributed by atoms with Gasteiger partial charge in [-0.2, -0.15) is 0 Å². The van der Waals surface area contributed by atoms with Crippen molar-refractivity contribution < 1.29 is 0 Å². The Morgan fingerprint density at radius 1 is 1.36 bits per heavy atom. The summed E-state index contributed by atoms with van der Waals surface area (Å²) in [5, 5.41) is 0.535. The van der Waals surface area contributed by atoms with Gasteiger partial charge in [-0.05, 0) is 16.8 Å². The molecule has 1 aliphatic rings. The highest BCUT2D eigenvalue weighted by Crippen LogP contribution is 2.40. The van der Waals surface area contributed by atoms with Crippen LogP contribution < -0.4 is 5.73 Å². The van der Waals surface area contributed by atoms with E-state index in [-0.39, 0.29) is 6.04 Å². The third-order valence-corrected chi connectivity index (χ3v) is 3.39. The molecule has 0 radical (unpaired) electrons. The Kier molecular flexibility index (Phi) is 1.70. The van der Waals surface area contributed by atoms with Gasteiger partial charge in [0.15, 0.2) is 0 Å². The molecule has 0 aliphatic carbocycles. The third-order valence-electron chi connectivity index (χ3n) is 2.10. The van der Waals surface area contributed by atoms with Crippen LogP contribution in [0.1, 0.15) is 11.6 Å². The molecule has 3 heteroatoms. The van der Waals surface area contributed by atoms with Crippen LogP contribution in [0.4, 0.5) is 0 Å². The summed E-state index contributed by atoms with van der Waals surface area (Å²) in [5.41, 5.74) is 7.28. The molecule has 0 aromatic heterocycles. The van der Waals surface area contributed by atoms with Gasteiger partial charge >= 0.3 is 0 Å². The summed E-state index contributed by atoms with van der Waals surface area (Å²) in [6.07, 6.45) is 0. The van der Waals surface area contributed by atoms with Crippen molar-refractivity contribution in [2.75, 3.05) is 0 Å². The Bertz CT molecular complexity index is 277. The third kappa shape index (κ3) is 1.08. The van der Waals surface area contributed by atoms with Crippen molar-refractivity contribution in [3.8, 4) is 0 Å². The van der Waals surface area contributed by atoms with Crippen molar-refractivity contribution in [2.45, 2.75) is 16.1 Å². The van der Waals surface area contributed by atoms with Crippen LogP contribution in [-0.4, -0.2) is 13.0 Å². The summed E-state index contributed by atoms with van der Waals surface area (Å²) >= 11 is 1.87. The van der Waals surface area contributed by atoms with E-state index in [1.54, 1.807) is 0 Å². The highest BCUT2D eigenvalue weighted by atomic mass is 32.2. The van der Waals surface area contributed by atoms with E-state index in [1.165, 1.54) is 10.5 Å². The number of thioether (sulfide) groups is 1. The zero-order valence-corrected chi connectivity index (χ0v) is 7.27. The van der Waals surface area contributed by atoms with Crippen LogP contribution in [0.15, 0.2) is 29.2 Å². The van der Waals surface area contributed by atoms with E-state index in [9.17, 15) is 0 Å². The van der Waals surface area contributed by atoms with Gasteiger partial charge in [-0.1, -0.05) is 18.2 Å². The zero-order chi connectivity index (χ0) is 7.84. The van der Waals surface area contributed by atoms with Crippen LogP contribution in [0.5, 0.6) is 0 Å². The topological polar surface area (TPSA) is 26.0 Å².